The van der Waals surface area contributed by atoms with Gasteiger partial charge in [-0.25, -0.2) is 0 Å². The zero-order valence-electron chi connectivity index (χ0n) is 12.1. The van der Waals surface area contributed by atoms with Gasteiger partial charge in [0.05, 0.1) is 12.1 Å². The Hall–Kier alpha value is -0.970. The first kappa shape index (κ1) is 14.4. The minimum Gasteiger partial charge on any atom is -0.377 e. The molecule has 0 saturated carbocycles. The van der Waals surface area contributed by atoms with Crippen LogP contribution in [0.1, 0.15) is 44.4 Å². The highest BCUT2D eigenvalue weighted by atomic mass is 16.5. The first-order valence-corrected chi connectivity index (χ1v) is 7.20. The number of hydrogen-bond acceptors (Lipinski definition) is 4. The second-order valence-electron chi connectivity index (χ2n) is 5.55. The van der Waals surface area contributed by atoms with Crippen LogP contribution in [0.5, 0.6) is 0 Å². The van der Waals surface area contributed by atoms with Crippen LogP contribution >= 0.6 is 0 Å². The molecule has 0 aromatic carbocycles. The summed E-state index contributed by atoms with van der Waals surface area (Å²) in [4.78, 5) is 4.56. The average molecular weight is 263 g/mol. The van der Waals surface area contributed by atoms with E-state index < -0.39 is 0 Å². The lowest BCUT2D eigenvalue weighted by atomic mass is 9.87. The Balaban J connectivity index is 2.23. The minimum atomic E-state index is 0.118. The van der Waals surface area contributed by atoms with Crippen LogP contribution in [0.15, 0.2) is 18.3 Å². The number of nitrogens with two attached hydrogens (primary N) is 1. The molecule has 1 aromatic rings. The zero-order chi connectivity index (χ0) is 13.8. The van der Waals surface area contributed by atoms with Crippen LogP contribution in [0.2, 0.25) is 0 Å². The fourth-order valence-electron chi connectivity index (χ4n) is 3.14. The van der Waals surface area contributed by atoms with Gasteiger partial charge in [0.15, 0.2) is 0 Å². The van der Waals surface area contributed by atoms with E-state index in [1.54, 1.807) is 0 Å². The molecule has 0 saturated heterocycles. The molecule has 0 aliphatic heterocycles. The number of nitrogens with one attached hydrogen (secondary N) is 1. The van der Waals surface area contributed by atoms with E-state index in [2.05, 4.69) is 30.3 Å². The Morgan fingerprint density at radius 2 is 2.32 bits per heavy atom. The third kappa shape index (κ3) is 2.96. The fraction of sp³-hybridized carbons (Fsp3) is 0.667. The highest BCUT2D eigenvalue weighted by Crippen LogP contribution is 2.36. The quantitative estimate of drug-likeness (QED) is 0.609. The van der Waals surface area contributed by atoms with Gasteiger partial charge in [0.25, 0.3) is 0 Å². The molecule has 0 bridgehead atoms. The number of ether oxygens (including phenoxy) is 1. The van der Waals surface area contributed by atoms with Crippen LogP contribution in [-0.2, 0) is 11.2 Å². The normalized spacial score (nSPS) is 21.4. The van der Waals surface area contributed by atoms with Gasteiger partial charge in [-0.2, -0.15) is 0 Å². The molecule has 0 spiro atoms. The molecular weight excluding hydrogens is 238 g/mol. The predicted octanol–water partition coefficient (Wildman–Crippen LogP) is 2.00. The van der Waals surface area contributed by atoms with Crippen molar-refractivity contribution >= 4 is 0 Å². The molecule has 106 valence electrons. The van der Waals surface area contributed by atoms with Crippen LogP contribution in [0.25, 0.3) is 0 Å². The summed E-state index contributed by atoms with van der Waals surface area (Å²) in [5.41, 5.74) is 5.53. The number of aromatic nitrogens is 1. The summed E-state index contributed by atoms with van der Waals surface area (Å²) in [6.45, 7) is 7.10. The summed E-state index contributed by atoms with van der Waals surface area (Å²) in [5, 5.41) is 0. The van der Waals surface area contributed by atoms with Crippen molar-refractivity contribution in [2.45, 2.75) is 51.7 Å². The summed E-state index contributed by atoms with van der Waals surface area (Å²) in [7, 11) is 0. The smallest absolute Gasteiger partial charge is 0.0770 e. The first-order valence-electron chi connectivity index (χ1n) is 7.20. The van der Waals surface area contributed by atoms with Crippen LogP contribution in [0.3, 0.4) is 0 Å². The van der Waals surface area contributed by atoms with Gasteiger partial charge in [0, 0.05) is 24.4 Å². The third-order valence-corrected chi connectivity index (χ3v) is 4.00. The highest BCUT2D eigenvalue weighted by Gasteiger charge is 2.36. The van der Waals surface area contributed by atoms with Gasteiger partial charge in [-0.05, 0) is 37.3 Å². The number of hydrazine groups is 1. The van der Waals surface area contributed by atoms with E-state index in [0.29, 0.717) is 18.4 Å². The van der Waals surface area contributed by atoms with Gasteiger partial charge < -0.3 is 4.74 Å². The molecule has 2 rings (SSSR count). The van der Waals surface area contributed by atoms with Gasteiger partial charge in [-0.3, -0.25) is 16.3 Å². The molecule has 19 heavy (non-hydrogen) atoms. The van der Waals surface area contributed by atoms with Crippen molar-refractivity contribution in [1.82, 2.24) is 10.4 Å². The molecule has 1 aromatic heterocycles. The minimum absolute atomic E-state index is 0.118. The number of fused-ring (bicyclic) bond motifs is 1. The van der Waals surface area contributed by atoms with E-state index in [1.807, 2.05) is 19.2 Å². The number of aryl methyl sites for hydroxylation is 1. The SMILES string of the molecule is CCOC(C(C)C)C(NN)C1CCc2cccnc21. The van der Waals surface area contributed by atoms with Crippen LogP contribution in [0.4, 0.5) is 0 Å². The monoisotopic (exact) mass is 263 g/mol. The highest BCUT2D eigenvalue weighted by molar-refractivity contribution is 5.30. The Kier molecular flexibility index (Phi) is 4.91. The van der Waals surface area contributed by atoms with E-state index in [-0.39, 0.29) is 12.1 Å². The lowest BCUT2D eigenvalue weighted by molar-refractivity contribution is -0.00369. The van der Waals surface area contributed by atoms with Crippen molar-refractivity contribution in [2.75, 3.05) is 6.61 Å². The average Bonchev–Trinajstić information content (AvgIpc) is 2.83. The Labute approximate surface area is 115 Å². The molecule has 4 nitrogen and oxygen atoms in total. The van der Waals surface area contributed by atoms with Gasteiger partial charge in [0.1, 0.15) is 0 Å². The topological polar surface area (TPSA) is 60.2 Å². The second-order valence-corrected chi connectivity index (χ2v) is 5.55. The number of nitrogens with zero attached hydrogens (tertiary/aromatic N) is 1. The molecule has 0 fully saturated rings. The van der Waals surface area contributed by atoms with Crippen molar-refractivity contribution in [2.24, 2.45) is 11.8 Å². The molecule has 1 aliphatic carbocycles. The maximum Gasteiger partial charge on any atom is 0.0770 e. The molecule has 4 heteroatoms. The van der Waals surface area contributed by atoms with Gasteiger partial charge in [-0.15, -0.1) is 0 Å². The summed E-state index contributed by atoms with van der Waals surface area (Å²) in [6.07, 6.45) is 4.17. The van der Waals surface area contributed by atoms with Gasteiger partial charge >= 0.3 is 0 Å². The zero-order valence-corrected chi connectivity index (χ0v) is 12.1. The van der Waals surface area contributed by atoms with E-state index in [9.17, 15) is 0 Å². The van der Waals surface area contributed by atoms with E-state index in [1.165, 1.54) is 11.3 Å². The molecule has 3 N–H and O–H groups in total. The molecule has 3 atom stereocenters. The van der Waals surface area contributed by atoms with E-state index in [0.717, 1.165) is 12.8 Å². The maximum atomic E-state index is 5.91. The molecule has 1 heterocycles. The van der Waals surface area contributed by atoms with Crippen molar-refractivity contribution in [3.05, 3.63) is 29.6 Å². The molecular formula is C15H25N3O. The Morgan fingerprint density at radius 3 is 2.95 bits per heavy atom. The van der Waals surface area contributed by atoms with Gasteiger partial charge in [-0.1, -0.05) is 19.9 Å². The van der Waals surface area contributed by atoms with E-state index in [4.69, 9.17) is 10.6 Å². The number of pyridine rings is 1. The van der Waals surface area contributed by atoms with Crippen LogP contribution in [-0.4, -0.2) is 23.7 Å². The number of hydrogen-bond donors (Lipinski definition) is 2. The molecule has 0 amide bonds. The van der Waals surface area contributed by atoms with Crippen LogP contribution in [0, 0.1) is 5.92 Å². The third-order valence-electron chi connectivity index (χ3n) is 4.00. The summed E-state index contributed by atoms with van der Waals surface area (Å²) < 4.78 is 5.91. The Morgan fingerprint density at radius 1 is 1.53 bits per heavy atom. The standard InChI is InChI=1S/C15H25N3O/c1-4-19-15(10(2)3)14(18-16)12-8-7-11-6-5-9-17-13(11)12/h5-6,9-10,12,14-15,18H,4,7-8,16H2,1-3H3. The predicted molar refractivity (Wildman–Crippen MR) is 76.7 cm³/mol. The first-order chi connectivity index (χ1) is 9.19. The van der Waals surface area contributed by atoms with E-state index >= 15 is 0 Å². The fourth-order valence-corrected chi connectivity index (χ4v) is 3.14. The largest absolute Gasteiger partial charge is 0.377 e. The van der Waals surface area contributed by atoms with Crippen molar-refractivity contribution in [3.63, 3.8) is 0 Å². The Bertz CT molecular complexity index is 408. The molecule has 3 unspecified atom stereocenters. The van der Waals surface area contributed by atoms with Crippen molar-refractivity contribution in [3.8, 4) is 0 Å². The van der Waals surface area contributed by atoms with Crippen molar-refractivity contribution in [1.29, 1.82) is 0 Å². The van der Waals surface area contributed by atoms with Gasteiger partial charge in [0.2, 0.25) is 0 Å². The second kappa shape index (κ2) is 6.46. The van der Waals surface area contributed by atoms with Crippen LogP contribution < -0.4 is 11.3 Å². The lowest BCUT2D eigenvalue weighted by Gasteiger charge is -2.33. The summed E-state index contributed by atoms with van der Waals surface area (Å²) >= 11 is 0. The summed E-state index contributed by atoms with van der Waals surface area (Å²) in [6, 6.07) is 4.30. The number of rotatable bonds is 6. The maximum absolute atomic E-state index is 5.91. The molecule has 1 aliphatic rings. The summed E-state index contributed by atoms with van der Waals surface area (Å²) in [5.74, 6) is 6.59. The molecule has 0 radical (unpaired) electrons. The van der Waals surface area contributed by atoms with Crippen molar-refractivity contribution < 1.29 is 4.74 Å². The lowest BCUT2D eigenvalue weighted by Crippen LogP contribution is -2.50.